The number of hydrogen-bond acceptors (Lipinski definition) is 6. The van der Waals surface area contributed by atoms with E-state index in [2.05, 4.69) is 23.2 Å². The highest BCUT2D eigenvalue weighted by Crippen LogP contribution is 2.34. The predicted octanol–water partition coefficient (Wildman–Crippen LogP) is 3.95. The molecule has 1 aliphatic heterocycles. The van der Waals surface area contributed by atoms with E-state index < -0.39 is 0 Å². The fraction of sp³-hybridized carbons (Fsp3) is 0.652. The fourth-order valence-electron chi connectivity index (χ4n) is 4.47. The van der Waals surface area contributed by atoms with Crippen molar-refractivity contribution in [2.75, 3.05) is 45.2 Å². The quantitative estimate of drug-likeness (QED) is 0.646. The van der Waals surface area contributed by atoms with Gasteiger partial charge in [-0.2, -0.15) is 0 Å². The fourth-order valence-corrected chi connectivity index (χ4v) is 4.47. The van der Waals surface area contributed by atoms with Crippen molar-refractivity contribution in [2.45, 2.75) is 58.5 Å². The SMILES string of the molecule is CCCNc1c2c(nc3cc(COCCN4CCCC4)c(OC)nc13)CCCC2. The number of nitrogens with zero attached hydrogens (tertiary/aromatic N) is 3. The lowest BCUT2D eigenvalue weighted by atomic mass is 9.93. The number of nitrogens with one attached hydrogen (secondary N) is 1. The zero-order valence-corrected chi connectivity index (χ0v) is 17.9. The molecule has 0 aromatic carbocycles. The first-order chi connectivity index (χ1) is 14.3. The smallest absolute Gasteiger partial charge is 0.219 e. The molecule has 2 aromatic heterocycles. The summed E-state index contributed by atoms with van der Waals surface area (Å²) in [5.41, 5.74) is 6.59. The highest BCUT2D eigenvalue weighted by molar-refractivity contribution is 5.91. The topological polar surface area (TPSA) is 59.5 Å². The molecule has 1 fully saturated rings. The van der Waals surface area contributed by atoms with Crippen molar-refractivity contribution in [3.63, 3.8) is 0 Å². The van der Waals surface area contributed by atoms with Crippen LogP contribution < -0.4 is 10.1 Å². The molecule has 3 heterocycles. The Kier molecular flexibility index (Phi) is 6.82. The lowest BCUT2D eigenvalue weighted by Crippen LogP contribution is -2.24. The van der Waals surface area contributed by atoms with Gasteiger partial charge in [0.2, 0.25) is 5.88 Å². The molecule has 0 radical (unpaired) electrons. The van der Waals surface area contributed by atoms with E-state index in [-0.39, 0.29) is 0 Å². The third-order valence-corrected chi connectivity index (χ3v) is 6.03. The Bertz CT molecular complexity index is 833. The van der Waals surface area contributed by atoms with E-state index in [9.17, 15) is 0 Å². The zero-order chi connectivity index (χ0) is 20.1. The third kappa shape index (κ3) is 4.64. The van der Waals surface area contributed by atoms with Gasteiger partial charge in [0.25, 0.3) is 0 Å². The number of aromatic nitrogens is 2. The van der Waals surface area contributed by atoms with Crippen molar-refractivity contribution in [1.29, 1.82) is 0 Å². The number of likely N-dealkylation sites (tertiary alicyclic amines) is 1. The number of anilines is 1. The molecule has 2 aromatic rings. The van der Waals surface area contributed by atoms with Crippen LogP contribution in [0.4, 0.5) is 5.69 Å². The molecule has 1 aliphatic carbocycles. The summed E-state index contributed by atoms with van der Waals surface area (Å²) < 4.78 is 11.6. The van der Waals surface area contributed by atoms with Crippen LogP contribution in [0.3, 0.4) is 0 Å². The summed E-state index contributed by atoms with van der Waals surface area (Å²) in [7, 11) is 1.69. The monoisotopic (exact) mass is 398 g/mol. The second-order valence-electron chi connectivity index (χ2n) is 8.17. The van der Waals surface area contributed by atoms with Crippen LogP contribution in [0.15, 0.2) is 6.07 Å². The number of methoxy groups -OCH3 is 1. The molecule has 0 saturated carbocycles. The molecule has 158 valence electrons. The maximum absolute atomic E-state index is 5.98. The minimum Gasteiger partial charge on any atom is -0.481 e. The average molecular weight is 399 g/mol. The second-order valence-corrected chi connectivity index (χ2v) is 8.17. The molecule has 0 bridgehead atoms. The molecule has 1 saturated heterocycles. The standard InChI is InChI=1S/C23H34N4O2/c1-3-10-24-21-18-8-4-5-9-19(18)25-20-15-17(23(28-2)26-22(20)21)16-29-14-13-27-11-6-7-12-27/h15H,3-14,16H2,1-2H3,(H,24,25). The largest absolute Gasteiger partial charge is 0.481 e. The van der Waals surface area contributed by atoms with Crippen LogP contribution in [-0.4, -0.2) is 54.8 Å². The van der Waals surface area contributed by atoms with Crippen LogP contribution in [0.25, 0.3) is 11.0 Å². The third-order valence-electron chi connectivity index (χ3n) is 6.03. The molecule has 6 nitrogen and oxygen atoms in total. The molecule has 6 heteroatoms. The Morgan fingerprint density at radius 2 is 1.93 bits per heavy atom. The first-order valence-corrected chi connectivity index (χ1v) is 11.2. The number of aryl methyl sites for hydroxylation is 1. The minimum absolute atomic E-state index is 0.510. The van der Waals surface area contributed by atoms with Crippen molar-refractivity contribution >= 4 is 16.7 Å². The van der Waals surface area contributed by atoms with E-state index in [1.807, 2.05) is 0 Å². The van der Waals surface area contributed by atoms with E-state index >= 15 is 0 Å². The highest BCUT2D eigenvalue weighted by atomic mass is 16.5. The summed E-state index contributed by atoms with van der Waals surface area (Å²) in [5, 5.41) is 3.62. The van der Waals surface area contributed by atoms with E-state index in [0.29, 0.717) is 12.5 Å². The molecular weight excluding hydrogens is 364 g/mol. The molecule has 4 rings (SSSR count). The first-order valence-electron chi connectivity index (χ1n) is 11.2. The lowest BCUT2D eigenvalue weighted by molar-refractivity contribution is 0.0975. The van der Waals surface area contributed by atoms with Gasteiger partial charge in [0, 0.05) is 24.3 Å². The van der Waals surface area contributed by atoms with E-state index in [0.717, 1.165) is 61.2 Å². The Morgan fingerprint density at radius 3 is 2.72 bits per heavy atom. The molecule has 0 amide bonds. The Labute approximate surface area is 174 Å². The van der Waals surface area contributed by atoms with Gasteiger partial charge in [0.15, 0.2) is 0 Å². The molecule has 0 unspecified atom stereocenters. The van der Waals surface area contributed by atoms with E-state index in [1.54, 1.807) is 7.11 Å². The van der Waals surface area contributed by atoms with Crippen molar-refractivity contribution in [1.82, 2.24) is 14.9 Å². The molecule has 29 heavy (non-hydrogen) atoms. The maximum atomic E-state index is 5.98. The number of rotatable bonds is 9. The molecular formula is C23H34N4O2. The maximum Gasteiger partial charge on any atom is 0.219 e. The van der Waals surface area contributed by atoms with Gasteiger partial charge in [-0.15, -0.1) is 0 Å². The van der Waals surface area contributed by atoms with Crippen LogP contribution >= 0.6 is 0 Å². The van der Waals surface area contributed by atoms with Crippen LogP contribution in [0, 0.1) is 0 Å². The summed E-state index contributed by atoms with van der Waals surface area (Å²) >= 11 is 0. The minimum atomic E-state index is 0.510. The van der Waals surface area contributed by atoms with Crippen molar-refractivity contribution < 1.29 is 9.47 Å². The molecule has 1 N–H and O–H groups in total. The Balaban J connectivity index is 1.58. The lowest BCUT2D eigenvalue weighted by Gasteiger charge is -2.22. The molecule has 0 spiro atoms. The Hall–Kier alpha value is -1.92. The van der Waals surface area contributed by atoms with Crippen molar-refractivity contribution in [3.05, 3.63) is 22.9 Å². The molecule has 2 aliphatic rings. The number of hydrogen-bond donors (Lipinski definition) is 1. The summed E-state index contributed by atoms with van der Waals surface area (Å²) in [6, 6.07) is 2.11. The van der Waals surface area contributed by atoms with Crippen LogP contribution in [0.1, 0.15) is 55.8 Å². The van der Waals surface area contributed by atoms with Gasteiger partial charge in [-0.3, -0.25) is 4.98 Å². The van der Waals surface area contributed by atoms with Crippen LogP contribution in [-0.2, 0) is 24.2 Å². The van der Waals surface area contributed by atoms with Gasteiger partial charge in [-0.1, -0.05) is 6.92 Å². The van der Waals surface area contributed by atoms with Gasteiger partial charge >= 0.3 is 0 Å². The number of pyridine rings is 2. The normalized spacial score (nSPS) is 16.9. The highest BCUT2D eigenvalue weighted by Gasteiger charge is 2.21. The zero-order valence-electron chi connectivity index (χ0n) is 17.9. The Morgan fingerprint density at radius 1 is 1.10 bits per heavy atom. The first kappa shape index (κ1) is 20.4. The van der Waals surface area contributed by atoms with Crippen molar-refractivity contribution in [2.24, 2.45) is 0 Å². The van der Waals surface area contributed by atoms with E-state index in [4.69, 9.17) is 19.4 Å². The van der Waals surface area contributed by atoms with Crippen LogP contribution in [0.2, 0.25) is 0 Å². The van der Waals surface area contributed by atoms with Gasteiger partial charge in [-0.05, 0) is 69.7 Å². The van der Waals surface area contributed by atoms with Gasteiger partial charge < -0.3 is 19.7 Å². The van der Waals surface area contributed by atoms with Gasteiger partial charge in [0.1, 0.15) is 5.52 Å². The summed E-state index contributed by atoms with van der Waals surface area (Å²) in [4.78, 5) is 12.3. The van der Waals surface area contributed by atoms with Crippen LogP contribution in [0.5, 0.6) is 5.88 Å². The average Bonchev–Trinajstić information content (AvgIpc) is 3.27. The number of fused-ring (bicyclic) bond motifs is 2. The summed E-state index contributed by atoms with van der Waals surface area (Å²) in [6.07, 6.45) is 8.28. The van der Waals surface area contributed by atoms with Gasteiger partial charge in [0.05, 0.1) is 31.5 Å². The molecule has 0 atom stereocenters. The van der Waals surface area contributed by atoms with E-state index in [1.165, 1.54) is 50.0 Å². The summed E-state index contributed by atoms with van der Waals surface area (Å²) in [6.45, 7) is 7.78. The number of ether oxygens (including phenoxy) is 2. The second kappa shape index (κ2) is 9.72. The van der Waals surface area contributed by atoms with Gasteiger partial charge in [-0.25, -0.2) is 4.98 Å². The van der Waals surface area contributed by atoms with Crippen molar-refractivity contribution in [3.8, 4) is 5.88 Å². The summed E-state index contributed by atoms with van der Waals surface area (Å²) in [5.74, 6) is 0.649. The predicted molar refractivity (Wildman–Crippen MR) is 117 cm³/mol.